The largest absolute Gasteiger partial charge is 0.506 e. The summed E-state index contributed by atoms with van der Waals surface area (Å²) in [6, 6.07) is 7.64. The molecule has 142 valence electrons. The van der Waals surface area contributed by atoms with E-state index in [1.54, 1.807) is 24.3 Å². The first kappa shape index (κ1) is 20.0. The van der Waals surface area contributed by atoms with Crippen LogP contribution in [0.2, 0.25) is 0 Å². The molecule has 0 unspecified atom stereocenters. The maximum Gasteiger partial charge on any atom is 0.178 e. The van der Waals surface area contributed by atoms with Gasteiger partial charge in [-0.1, -0.05) is 0 Å². The van der Waals surface area contributed by atoms with Crippen LogP contribution in [0.5, 0.6) is 23.0 Å². The Morgan fingerprint density at radius 3 is 1.89 bits per heavy atom. The van der Waals surface area contributed by atoms with Gasteiger partial charge in [-0.15, -0.1) is 0 Å². The molecule has 0 saturated carbocycles. The van der Waals surface area contributed by atoms with Crippen LogP contribution in [0.15, 0.2) is 30.3 Å². The van der Waals surface area contributed by atoms with Crippen molar-refractivity contribution >= 4 is 17.3 Å². The number of phenols is 1. The van der Waals surface area contributed by atoms with Gasteiger partial charge in [0.2, 0.25) is 0 Å². The van der Waals surface area contributed by atoms with E-state index >= 15 is 0 Å². The van der Waals surface area contributed by atoms with E-state index < -0.39 is 29.5 Å². The molecule has 0 bridgehead atoms. The topological polar surface area (TPSA) is 99.1 Å². The second-order valence-electron chi connectivity index (χ2n) is 5.69. The molecule has 0 aliphatic carbocycles. The minimum atomic E-state index is -0.671. The van der Waals surface area contributed by atoms with E-state index in [0.29, 0.717) is 11.3 Å². The smallest absolute Gasteiger partial charge is 0.178 e. The fourth-order valence-corrected chi connectivity index (χ4v) is 2.67. The number of aromatic hydroxyl groups is 1. The molecular formula is C20H20O7. The van der Waals surface area contributed by atoms with Gasteiger partial charge in [-0.25, -0.2) is 0 Å². The number of rotatable bonds is 8. The minimum Gasteiger partial charge on any atom is -0.506 e. The van der Waals surface area contributed by atoms with Gasteiger partial charge in [-0.3, -0.25) is 14.4 Å². The summed E-state index contributed by atoms with van der Waals surface area (Å²) >= 11 is 0. The van der Waals surface area contributed by atoms with Crippen molar-refractivity contribution in [2.24, 2.45) is 0 Å². The molecule has 0 fully saturated rings. The summed E-state index contributed by atoms with van der Waals surface area (Å²) in [4.78, 5) is 36.9. The van der Waals surface area contributed by atoms with Crippen molar-refractivity contribution in [3.8, 4) is 23.0 Å². The number of carbonyl (C=O) groups is 3. The normalized spacial score (nSPS) is 10.2. The van der Waals surface area contributed by atoms with E-state index in [9.17, 15) is 19.5 Å². The first-order chi connectivity index (χ1) is 12.8. The lowest BCUT2D eigenvalue weighted by Gasteiger charge is -2.15. The van der Waals surface area contributed by atoms with Crippen molar-refractivity contribution in [2.75, 3.05) is 21.3 Å². The van der Waals surface area contributed by atoms with Crippen molar-refractivity contribution in [1.29, 1.82) is 0 Å². The molecule has 0 atom stereocenters. The van der Waals surface area contributed by atoms with Gasteiger partial charge in [-0.2, -0.15) is 0 Å². The second-order valence-corrected chi connectivity index (χ2v) is 5.69. The molecule has 2 aromatic carbocycles. The number of phenolic OH excluding ortho intramolecular Hbond substituents is 1. The highest BCUT2D eigenvalue weighted by molar-refractivity contribution is 6.17. The number of benzene rings is 2. The van der Waals surface area contributed by atoms with Crippen LogP contribution in [0.4, 0.5) is 0 Å². The molecule has 1 N–H and O–H groups in total. The van der Waals surface area contributed by atoms with E-state index in [0.717, 1.165) is 0 Å². The van der Waals surface area contributed by atoms with E-state index in [1.807, 2.05) is 0 Å². The number of hydrogen-bond donors (Lipinski definition) is 1. The van der Waals surface area contributed by atoms with E-state index in [-0.39, 0.29) is 22.6 Å². The molecule has 0 saturated heterocycles. The lowest BCUT2D eigenvalue weighted by molar-refractivity contribution is 0.0891. The summed E-state index contributed by atoms with van der Waals surface area (Å²) in [6.45, 7) is 1.24. The second kappa shape index (κ2) is 8.35. The number of ketones is 3. The first-order valence-electron chi connectivity index (χ1n) is 8.03. The van der Waals surface area contributed by atoms with E-state index in [1.165, 1.54) is 34.3 Å². The Morgan fingerprint density at radius 1 is 0.852 bits per heavy atom. The van der Waals surface area contributed by atoms with Crippen molar-refractivity contribution in [3.63, 3.8) is 0 Å². The van der Waals surface area contributed by atoms with Gasteiger partial charge in [0.05, 0.1) is 27.8 Å². The van der Waals surface area contributed by atoms with Crippen LogP contribution in [0.25, 0.3) is 0 Å². The monoisotopic (exact) mass is 372 g/mol. The Morgan fingerprint density at radius 2 is 1.41 bits per heavy atom. The summed E-state index contributed by atoms with van der Waals surface area (Å²) in [5, 5.41) is 10.5. The number of methoxy groups -OCH3 is 3. The average Bonchev–Trinajstić information content (AvgIpc) is 2.66. The van der Waals surface area contributed by atoms with Gasteiger partial charge in [0.1, 0.15) is 34.1 Å². The number of hydrogen-bond acceptors (Lipinski definition) is 7. The predicted octanol–water partition coefficient (Wildman–Crippen LogP) is 3.08. The van der Waals surface area contributed by atoms with Crippen LogP contribution in [0, 0.1) is 0 Å². The zero-order chi connectivity index (χ0) is 20.1. The molecule has 0 spiro atoms. The third kappa shape index (κ3) is 4.08. The molecule has 7 heteroatoms. The number of carbonyl (C=O) groups excluding carboxylic acids is 3. The van der Waals surface area contributed by atoms with Gasteiger partial charge < -0.3 is 19.3 Å². The summed E-state index contributed by atoms with van der Waals surface area (Å²) < 4.78 is 15.3. The van der Waals surface area contributed by atoms with Crippen molar-refractivity contribution < 1.29 is 33.7 Å². The Hall–Kier alpha value is -3.35. The van der Waals surface area contributed by atoms with Gasteiger partial charge in [0.15, 0.2) is 17.3 Å². The summed E-state index contributed by atoms with van der Waals surface area (Å²) in [7, 11) is 4.14. The number of ether oxygens (including phenoxy) is 3. The maximum atomic E-state index is 12.7. The van der Waals surface area contributed by atoms with Gasteiger partial charge >= 0.3 is 0 Å². The van der Waals surface area contributed by atoms with Crippen molar-refractivity contribution in [1.82, 2.24) is 0 Å². The fraction of sp³-hybridized carbons (Fsp3) is 0.250. The van der Waals surface area contributed by atoms with Gasteiger partial charge in [0, 0.05) is 11.6 Å². The van der Waals surface area contributed by atoms with Crippen molar-refractivity contribution in [2.45, 2.75) is 13.3 Å². The molecule has 0 aromatic heterocycles. The van der Waals surface area contributed by atoms with Crippen LogP contribution in [-0.2, 0) is 0 Å². The van der Waals surface area contributed by atoms with E-state index in [4.69, 9.17) is 14.2 Å². The lowest BCUT2D eigenvalue weighted by atomic mass is 9.96. The van der Waals surface area contributed by atoms with Gasteiger partial charge in [0.25, 0.3) is 0 Å². The third-order valence-corrected chi connectivity index (χ3v) is 4.03. The lowest BCUT2D eigenvalue weighted by Crippen LogP contribution is -2.12. The molecular weight excluding hydrogens is 352 g/mol. The SMILES string of the molecule is COc1ccc(C(=O)CC(=O)c2c(OC)cc(OC)c(C(C)=O)c2O)cc1. The molecule has 0 heterocycles. The van der Waals surface area contributed by atoms with Gasteiger partial charge in [-0.05, 0) is 31.2 Å². The number of Topliss-reactive ketones (excluding diaryl/α,β-unsaturated/α-hetero) is 3. The molecule has 2 rings (SSSR count). The molecule has 7 nitrogen and oxygen atoms in total. The molecule has 2 aromatic rings. The predicted molar refractivity (Wildman–Crippen MR) is 97.5 cm³/mol. The molecule has 0 amide bonds. The standard InChI is InChI=1S/C20H20O7/c1-11(21)18-16(26-3)10-17(27-4)19(20(18)24)15(23)9-14(22)12-5-7-13(25-2)8-6-12/h5-8,10,24H,9H2,1-4H3. The summed E-state index contributed by atoms with van der Waals surface area (Å²) in [5.74, 6) is -1.48. The fourth-order valence-electron chi connectivity index (χ4n) is 2.67. The van der Waals surface area contributed by atoms with E-state index in [2.05, 4.69) is 0 Å². The van der Waals surface area contributed by atoms with Crippen LogP contribution in [0.1, 0.15) is 44.4 Å². The van der Waals surface area contributed by atoms with Crippen LogP contribution in [0.3, 0.4) is 0 Å². The Balaban J connectivity index is 2.40. The average molecular weight is 372 g/mol. The van der Waals surface area contributed by atoms with Crippen molar-refractivity contribution in [3.05, 3.63) is 47.0 Å². The zero-order valence-corrected chi connectivity index (χ0v) is 15.5. The molecule has 0 aliphatic rings. The summed E-state index contributed by atoms with van der Waals surface area (Å²) in [6.07, 6.45) is -0.500. The zero-order valence-electron chi connectivity index (χ0n) is 15.5. The van der Waals surface area contributed by atoms with Crippen LogP contribution < -0.4 is 14.2 Å². The Labute approximate surface area is 156 Å². The molecule has 0 aliphatic heterocycles. The Bertz CT molecular complexity index is 882. The maximum absolute atomic E-state index is 12.7. The summed E-state index contributed by atoms with van der Waals surface area (Å²) in [5.41, 5.74) is -0.0492. The van der Waals surface area contributed by atoms with Crippen LogP contribution in [-0.4, -0.2) is 43.8 Å². The highest BCUT2D eigenvalue weighted by Crippen LogP contribution is 2.39. The highest BCUT2D eigenvalue weighted by atomic mass is 16.5. The molecule has 0 radical (unpaired) electrons. The van der Waals surface area contributed by atoms with Crippen LogP contribution >= 0.6 is 0 Å². The molecule has 27 heavy (non-hydrogen) atoms. The Kier molecular flexibility index (Phi) is 6.18. The minimum absolute atomic E-state index is 0.0156. The quantitative estimate of drug-likeness (QED) is 0.561. The highest BCUT2D eigenvalue weighted by Gasteiger charge is 2.27. The third-order valence-electron chi connectivity index (χ3n) is 4.03. The first-order valence-corrected chi connectivity index (χ1v) is 8.03.